The summed E-state index contributed by atoms with van der Waals surface area (Å²) in [7, 11) is 0. The maximum Gasteiger partial charge on any atom is 0.220 e. The lowest BCUT2D eigenvalue weighted by atomic mass is 9.99. The SMILES string of the molecule is CCCCCCCC/C=C/CC/C=C/C(O)C(COC1OC(CO)C(O)C(O)C1O)NC(=O)CCCCCCCCCCCCCCCCCCC/C=C\C/C=C\CCCCCCCCCCC. The highest BCUT2D eigenvalue weighted by Gasteiger charge is 2.44. The van der Waals surface area contributed by atoms with Crippen LogP contribution in [0.3, 0.4) is 0 Å². The molecule has 9 nitrogen and oxygen atoms in total. The second kappa shape index (κ2) is 48.8. The van der Waals surface area contributed by atoms with Gasteiger partial charge in [-0.15, -0.1) is 0 Å². The Hall–Kier alpha value is -1.85. The van der Waals surface area contributed by atoms with Crippen molar-refractivity contribution in [3.63, 3.8) is 0 Å². The zero-order chi connectivity index (χ0) is 49.4. The van der Waals surface area contributed by atoms with Crippen molar-refractivity contribution in [1.82, 2.24) is 5.32 Å². The van der Waals surface area contributed by atoms with E-state index in [0.29, 0.717) is 6.42 Å². The summed E-state index contributed by atoms with van der Waals surface area (Å²) in [6.07, 6.45) is 57.7. The monoisotopic (exact) mass is 960 g/mol. The van der Waals surface area contributed by atoms with Gasteiger partial charge in [-0.3, -0.25) is 4.79 Å². The number of ether oxygens (including phenoxy) is 2. The smallest absolute Gasteiger partial charge is 0.220 e. The summed E-state index contributed by atoms with van der Waals surface area (Å²) in [5, 5.41) is 54.3. The molecule has 9 heteroatoms. The molecular weight excluding hydrogens is 851 g/mol. The summed E-state index contributed by atoms with van der Waals surface area (Å²) in [4.78, 5) is 13.0. The van der Waals surface area contributed by atoms with Crippen LogP contribution in [0.15, 0.2) is 48.6 Å². The molecule has 0 saturated carbocycles. The van der Waals surface area contributed by atoms with E-state index < -0.39 is 49.5 Å². The van der Waals surface area contributed by atoms with Gasteiger partial charge in [-0.25, -0.2) is 0 Å². The topological polar surface area (TPSA) is 149 Å². The van der Waals surface area contributed by atoms with Gasteiger partial charge in [-0.1, -0.05) is 242 Å². The maximum atomic E-state index is 13.0. The van der Waals surface area contributed by atoms with Crippen LogP contribution >= 0.6 is 0 Å². The van der Waals surface area contributed by atoms with Crippen molar-refractivity contribution < 1.29 is 39.8 Å². The largest absolute Gasteiger partial charge is 0.394 e. The molecule has 0 radical (unpaired) electrons. The summed E-state index contributed by atoms with van der Waals surface area (Å²) < 4.78 is 11.2. The molecule has 7 unspecified atom stereocenters. The molecular formula is C59H109NO8. The van der Waals surface area contributed by atoms with Crippen LogP contribution in [0.1, 0.15) is 264 Å². The first kappa shape index (κ1) is 64.2. The average molecular weight is 961 g/mol. The number of hydrogen-bond donors (Lipinski definition) is 6. The summed E-state index contributed by atoms with van der Waals surface area (Å²) in [5.74, 6) is -0.186. The number of nitrogens with one attached hydrogen (secondary N) is 1. The number of rotatable bonds is 49. The second-order valence-electron chi connectivity index (χ2n) is 20.1. The molecule has 0 bridgehead atoms. The number of carbonyl (C=O) groups is 1. The molecule has 1 amide bonds. The van der Waals surface area contributed by atoms with Gasteiger partial charge in [-0.05, 0) is 64.2 Å². The van der Waals surface area contributed by atoms with Crippen LogP contribution in [0.2, 0.25) is 0 Å². The Balaban J connectivity index is 2.11. The van der Waals surface area contributed by atoms with Crippen molar-refractivity contribution in [3.05, 3.63) is 48.6 Å². The van der Waals surface area contributed by atoms with Gasteiger partial charge in [0.25, 0.3) is 0 Å². The zero-order valence-electron chi connectivity index (χ0n) is 44.1. The quantitative estimate of drug-likeness (QED) is 0.0261. The number of amides is 1. The van der Waals surface area contributed by atoms with Crippen LogP contribution in [0.5, 0.6) is 0 Å². The molecule has 1 aliphatic rings. The van der Waals surface area contributed by atoms with Gasteiger partial charge in [0.15, 0.2) is 6.29 Å². The Morgan fingerprint density at radius 2 is 0.882 bits per heavy atom. The first-order chi connectivity index (χ1) is 33.3. The zero-order valence-corrected chi connectivity index (χ0v) is 44.1. The van der Waals surface area contributed by atoms with E-state index in [2.05, 4.69) is 55.6 Å². The number of carbonyl (C=O) groups excluding carboxylic acids is 1. The van der Waals surface area contributed by atoms with Crippen molar-refractivity contribution in [2.24, 2.45) is 0 Å². The lowest BCUT2D eigenvalue weighted by Gasteiger charge is -2.40. The molecule has 0 aromatic carbocycles. The van der Waals surface area contributed by atoms with Crippen LogP contribution < -0.4 is 5.32 Å². The predicted octanol–water partition coefficient (Wildman–Crippen LogP) is 14.1. The first-order valence-corrected chi connectivity index (χ1v) is 28.9. The van der Waals surface area contributed by atoms with Crippen LogP contribution in [-0.2, 0) is 14.3 Å². The average Bonchev–Trinajstić information content (AvgIpc) is 3.34. The Bertz CT molecular complexity index is 1210. The first-order valence-electron chi connectivity index (χ1n) is 28.9. The van der Waals surface area contributed by atoms with Crippen molar-refractivity contribution in [3.8, 4) is 0 Å². The van der Waals surface area contributed by atoms with Crippen LogP contribution in [0.25, 0.3) is 0 Å². The minimum atomic E-state index is -1.57. The van der Waals surface area contributed by atoms with E-state index in [0.717, 1.165) is 44.9 Å². The minimum Gasteiger partial charge on any atom is -0.394 e. The maximum absolute atomic E-state index is 13.0. The highest BCUT2D eigenvalue weighted by atomic mass is 16.7. The fraction of sp³-hybridized carbons (Fsp3) is 0.847. The molecule has 1 saturated heterocycles. The Morgan fingerprint density at radius 3 is 1.32 bits per heavy atom. The lowest BCUT2D eigenvalue weighted by molar-refractivity contribution is -0.302. The van der Waals surface area contributed by atoms with Gasteiger partial charge in [0.05, 0.1) is 25.4 Å². The van der Waals surface area contributed by atoms with E-state index in [1.54, 1.807) is 6.08 Å². The van der Waals surface area contributed by atoms with Crippen molar-refractivity contribution in [1.29, 1.82) is 0 Å². The Morgan fingerprint density at radius 1 is 0.500 bits per heavy atom. The van der Waals surface area contributed by atoms with Gasteiger partial charge in [-0.2, -0.15) is 0 Å². The van der Waals surface area contributed by atoms with Crippen molar-refractivity contribution >= 4 is 5.91 Å². The molecule has 7 atom stereocenters. The third kappa shape index (κ3) is 37.9. The number of aliphatic hydroxyl groups excluding tert-OH is 5. The lowest BCUT2D eigenvalue weighted by Crippen LogP contribution is -2.60. The highest BCUT2D eigenvalue weighted by molar-refractivity contribution is 5.76. The molecule has 1 heterocycles. The molecule has 0 aromatic heterocycles. The molecule has 0 spiro atoms. The Kier molecular flexibility index (Phi) is 46.0. The fourth-order valence-electron chi connectivity index (χ4n) is 9.03. The van der Waals surface area contributed by atoms with Crippen molar-refractivity contribution in [2.45, 2.75) is 307 Å². The number of hydrogen-bond acceptors (Lipinski definition) is 8. The Labute approximate surface area is 418 Å². The van der Waals surface area contributed by atoms with Crippen molar-refractivity contribution in [2.75, 3.05) is 13.2 Å². The van der Waals surface area contributed by atoms with E-state index in [4.69, 9.17) is 9.47 Å². The fourth-order valence-corrected chi connectivity index (χ4v) is 9.03. The predicted molar refractivity (Wildman–Crippen MR) is 286 cm³/mol. The van der Waals surface area contributed by atoms with E-state index in [1.807, 2.05) is 6.08 Å². The van der Waals surface area contributed by atoms with E-state index >= 15 is 0 Å². The molecule has 0 aromatic rings. The molecule has 0 aliphatic carbocycles. The number of aliphatic hydroxyl groups is 5. The second-order valence-corrected chi connectivity index (χ2v) is 20.1. The van der Waals surface area contributed by atoms with Gasteiger partial charge in [0.1, 0.15) is 24.4 Å². The third-order valence-corrected chi connectivity index (χ3v) is 13.6. The molecule has 6 N–H and O–H groups in total. The van der Waals surface area contributed by atoms with Crippen LogP contribution in [-0.4, -0.2) is 87.5 Å². The van der Waals surface area contributed by atoms with Gasteiger partial charge in [0, 0.05) is 6.42 Å². The van der Waals surface area contributed by atoms with Gasteiger partial charge < -0.3 is 40.3 Å². The number of unbranched alkanes of at least 4 members (excludes halogenated alkanes) is 33. The van der Waals surface area contributed by atoms with Gasteiger partial charge >= 0.3 is 0 Å². The normalized spacial score (nSPS) is 19.9. The standard InChI is InChI=1S/C59H109NO8/c1-3-5-7-9-11-13-15-17-18-19-20-21-22-23-24-25-26-27-28-29-30-31-32-33-34-35-36-37-39-41-43-45-47-49-55(63)60-52(51-67-59-58(66)57(65)56(64)54(50-61)68-59)53(62)48-46-44-42-40-38-16-14-12-10-8-6-4-2/h20-21,23-24,38,40,46,48,52-54,56-59,61-62,64-66H,3-19,22,25-37,39,41-45,47,49-51H2,1-2H3,(H,60,63)/b21-20-,24-23-,40-38+,48-46+. The summed E-state index contributed by atoms with van der Waals surface area (Å²) in [5.41, 5.74) is 0. The van der Waals surface area contributed by atoms with E-state index in [1.165, 1.54) is 199 Å². The summed E-state index contributed by atoms with van der Waals surface area (Å²) in [6, 6.07) is -0.820. The molecule has 1 rings (SSSR count). The molecule has 1 fully saturated rings. The number of allylic oxidation sites excluding steroid dienone is 7. The van der Waals surface area contributed by atoms with Gasteiger partial charge in [0.2, 0.25) is 5.91 Å². The molecule has 68 heavy (non-hydrogen) atoms. The summed E-state index contributed by atoms with van der Waals surface area (Å²) in [6.45, 7) is 3.75. The van der Waals surface area contributed by atoms with E-state index in [9.17, 15) is 30.3 Å². The van der Waals surface area contributed by atoms with Crippen LogP contribution in [0, 0.1) is 0 Å². The molecule has 1 aliphatic heterocycles. The van der Waals surface area contributed by atoms with E-state index in [-0.39, 0.29) is 12.5 Å². The van der Waals surface area contributed by atoms with Crippen LogP contribution in [0.4, 0.5) is 0 Å². The molecule has 398 valence electrons. The summed E-state index contributed by atoms with van der Waals surface area (Å²) >= 11 is 0. The third-order valence-electron chi connectivity index (χ3n) is 13.6. The minimum absolute atomic E-state index is 0.186. The highest BCUT2D eigenvalue weighted by Crippen LogP contribution is 2.23.